The van der Waals surface area contributed by atoms with Gasteiger partial charge in [-0.2, -0.15) is 5.26 Å². The molecule has 0 unspecified atom stereocenters. The SMILES string of the molecule is N#Cc1ccc(OCC(=O)c2ccc(O)cc2O)cc1. The van der Waals surface area contributed by atoms with E-state index in [1.54, 1.807) is 24.3 Å². The van der Waals surface area contributed by atoms with Gasteiger partial charge in [-0.05, 0) is 36.4 Å². The van der Waals surface area contributed by atoms with Crippen LogP contribution in [-0.2, 0) is 0 Å². The van der Waals surface area contributed by atoms with E-state index in [4.69, 9.17) is 15.1 Å². The first-order valence-electron chi connectivity index (χ1n) is 5.78. The molecule has 0 aromatic heterocycles. The number of carbonyl (C=O) groups excluding carboxylic acids is 1. The number of phenolic OH excluding ortho intramolecular Hbond substituents is 2. The van der Waals surface area contributed by atoms with Crippen LogP contribution in [0.15, 0.2) is 42.5 Å². The van der Waals surface area contributed by atoms with Crippen LogP contribution in [0.1, 0.15) is 15.9 Å². The number of rotatable bonds is 4. The summed E-state index contributed by atoms with van der Waals surface area (Å²) in [6, 6.07) is 12.0. The van der Waals surface area contributed by atoms with E-state index in [0.717, 1.165) is 6.07 Å². The van der Waals surface area contributed by atoms with Crippen LogP contribution < -0.4 is 4.74 Å². The zero-order valence-corrected chi connectivity index (χ0v) is 10.4. The number of hydrogen-bond donors (Lipinski definition) is 2. The molecule has 0 fully saturated rings. The fourth-order valence-corrected chi connectivity index (χ4v) is 1.61. The molecular formula is C15H11NO4. The molecule has 0 aliphatic rings. The van der Waals surface area contributed by atoms with Gasteiger partial charge in [-0.25, -0.2) is 0 Å². The van der Waals surface area contributed by atoms with Crippen LogP contribution in [0, 0.1) is 11.3 Å². The van der Waals surface area contributed by atoms with Crippen molar-refractivity contribution in [2.24, 2.45) is 0 Å². The Kier molecular flexibility index (Phi) is 3.87. The van der Waals surface area contributed by atoms with Crippen LogP contribution in [-0.4, -0.2) is 22.6 Å². The molecule has 0 amide bonds. The lowest BCUT2D eigenvalue weighted by molar-refractivity contribution is 0.0919. The monoisotopic (exact) mass is 269 g/mol. The molecule has 0 spiro atoms. The first kappa shape index (κ1) is 13.4. The molecule has 2 rings (SSSR count). The Balaban J connectivity index is 2.03. The second-order valence-corrected chi connectivity index (χ2v) is 4.05. The number of carbonyl (C=O) groups is 1. The number of ether oxygens (including phenoxy) is 1. The molecule has 5 heteroatoms. The van der Waals surface area contributed by atoms with Crippen molar-refractivity contribution in [3.05, 3.63) is 53.6 Å². The van der Waals surface area contributed by atoms with Crippen LogP contribution in [0.2, 0.25) is 0 Å². The third-order valence-corrected chi connectivity index (χ3v) is 2.64. The molecule has 2 N–H and O–H groups in total. The molecule has 0 atom stereocenters. The van der Waals surface area contributed by atoms with E-state index >= 15 is 0 Å². The van der Waals surface area contributed by atoms with E-state index in [9.17, 15) is 9.90 Å². The van der Waals surface area contributed by atoms with E-state index < -0.39 is 5.78 Å². The summed E-state index contributed by atoms with van der Waals surface area (Å²) in [4.78, 5) is 11.9. The van der Waals surface area contributed by atoms with Gasteiger partial charge in [0.1, 0.15) is 17.2 Å². The summed E-state index contributed by atoms with van der Waals surface area (Å²) < 4.78 is 5.27. The van der Waals surface area contributed by atoms with Gasteiger partial charge in [0.2, 0.25) is 5.78 Å². The van der Waals surface area contributed by atoms with Crippen molar-refractivity contribution in [3.8, 4) is 23.3 Å². The van der Waals surface area contributed by atoms with E-state index in [0.29, 0.717) is 11.3 Å². The number of ketones is 1. The Morgan fingerprint density at radius 1 is 1.15 bits per heavy atom. The summed E-state index contributed by atoms with van der Waals surface area (Å²) in [5, 5.41) is 27.4. The van der Waals surface area contributed by atoms with E-state index in [1.807, 2.05) is 6.07 Å². The summed E-state index contributed by atoms with van der Waals surface area (Å²) in [7, 11) is 0. The first-order valence-corrected chi connectivity index (χ1v) is 5.78. The zero-order valence-electron chi connectivity index (χ0n) is 10.4. The molecule has 0 heterocycles. The second kappa shape index (κ2) is 5.76. The molecule has 2 aromatic carbocycles. The summed E-state index contributed by atoms with van der Waals surface area (Å²) in [5.41, 5.74) is 0.580. The van der Waals surface area contributed by atoms with Crippen molar-refractivity contribution in [1.82, 2.24) is 0 Å². The minimum absolute atomic E-state index is 0.0800. The lowest BCUT2D eigenvalue weighted by Crippen LogP contribution is -2.11. The summed E-state index contributed by atoms with van der Waals surface area (Å²) in [6.07, 6.45) is 0. The van der Waals surface area contributed by atoms with E-state index in [2.05, 4.69) is 0 Å². The minimum Gasteiger partial charge on any atom is -0.508 e. The Morgan fingerprint density at radius 2 is 1.85 bits per heavy atom. The number of benzene rings is 2. The summed E-state index contributed by atoms with van der Waals surface area (Å²) >= 11 is 0. The number of Topliss-reactive ketones (excluding diaryl/α,β-unsaturated/α-hetero) is 1. The summed E-state index contributed by atoms with van der Waals surface area (Å²) in [6.45, 7) is -0.246. The van der Waals surface area contributed by atoms with Gasteiger partial charge in [-0.3, -0.25) is 4.79 Å². The number of aromatic hydroxyl groups is 2. The molecule has 5 nitrogen and oxygen atoms in total. The summed E-state index contributed by atoms with van der Waals surface area (Å²) in [5.74, 6) is -0.368. The van der Waals surface area contributed by atoms with Crippen LogP contribution in [0.4, 0.5) is 0 Å². The highest BCUT2D eigenvalue weighted by Crippen LogP contribution is 2.23. The molecule has 20 heavy (non-hydrogen) atoms. The van der Waals surface area contributed by atoms with Gasteiger partial charge in [-0.15, -0.1) is 0 Å². The fourth-order valence-electron chi connectivity index (χ4n) is 1.61. The molecule has 2 aromatic rings. The van der Waals surface area contributed by atoms with Crippen molar-refractivity contribution in [2.75, 3.05) is 6.61 Å². The van der Waals surface area contributed by atoms with Crippen molar-refractivity contribution in [2.45, 2.75) is 0 Å². The molecule has 0 saturated heterocycles. The van der Waals surface area contributed by atoms with Crippen molar-refractivity contribution < 1.29 is 19.7 Å². The van der Waals surface area contributed by atoms with Crippen LogP contribution in [0.3, 0.4) is 0 Å². The maximum Gasteiger partial charge on any atom is 0.203 e. The van der Waals surface area contributed by atoms with Gasteiger partial charge in [-0.1, -0.05) is 0 Å². The third-order valence-electron chi connectivity index (χ3n) is 2.64. The van der Waals surface area contributed by atoms with E-state index in [1.165, 1.54) is 12.1 Å². The smallest absolute Gasteiger partial charge is 0.203 e. The lowest BCUT2D eigenvalue weighted by Gasteiger charge is -2.07. The van der Waals surface area contributed by atoms with Crippen molar-refractivity contribution in [3.63, 3.8) is 0 Å². The predicted octanol–water partition coefficient (Wildman–Crippen LogP) is 2.23. The number of nitrogens with zero attached hydrogens (tertiary/aromatic N) is 1. The van der Waals surface area contributed by atoms with Crippen molar-refractivity contribution in [1.29, 1.82) is 5.26 Å². The quantitative estimate of drug-likeness (QED) is 0.830. The van der Waals surface area contributed by atoms with Crippen LogP contribution in [0.25, 0.3) is 0 Å². The molecule has 100 valence electrons. The normalized spacial score (nSPS) is 9.75. The fraction of sp³-hybridized carbons (Fsp3) is 0.0667. The molecule has 0 saturated carbocycles. The van der Waals surface area contributed by atoms with Gasteiger partial charge in [0.05, 0.1) is 17.2 Å². The highest BCUT2D eigenvalue weighted by molar-refractivity contribution is 5.99. The predicted molar refractivity (Wildman–Crippen MR) is 70.8 cm³/mol. The topological polar surface area (TPSA) is 90.5 Å². The van der Waals surface area contributed by atoms with Gasteiger partial charge < -0.3 is 14.9 Å². The third kappa shape index (κ3) is 3.06. The van der Waals surface area contributed by atoms with Gasteiger partial charge in [0.25, 0.3) is 0 Å². The Bertz CT molecular complexity index is 671. The highest BCUT2D eigenvalue weighted by atomic mass is 16.5. The molecule has 0 aliphatic heterocycles. The Labute approximate surface area is 115 Å². The second-order valence-electron chi connectivity index (χ2n) is 4.05. The van der Waals surface area contributed by atoms with Gasteiger partial charge in [0, 0.05) is 6.07 Å². The zero-order chi connectivity index (χ0) is 14.5. The average Bonchev–Trinajstić information content (AvgIpc) is 2.45. The Morgan fingerprint density at radius 3 is 2.45 bits per heavy atom. The average molecular weight is 269 g/mol. The Hall–Kier alpha value is -3.00. The largest absolute Gasteiger partial charge is 0.508 e. The van der Waals surface area contributed by atoms with Crippen molar-refractivity contribution >= 4 is 5.78 Å². The molecular weight excluding hydrogens is 258 g/mol. The highest BCUT2D eigenvalue weighted by Gasteiger charge is 2.12. The number of phenols is 2. The molecule has 0 radical (unpaired) electrons. The van der Waals surface area contributed by atoms with Gasteiger partial charge >= 0.3 is 0 Å². The van der Waals surface area contributed by atoms with Gasteiger partial charge in [0.15, 0.2) is 6.61 Å². The molecule has 0 aliphatic carbocycles. The maximum absolute atomic E-state index is 11.9. The van der Waals surface area contributed by atoms with Crippen LogP contribution >= 0.6 is 0 Å². The first-order chi connectivity index (χ1) is 9.60. The minimum atomic E-state index is -0.410. The lowest BCUT2D eigenvalue weighted by atomic mass is 10.1. The molecule has 0 bridgehead atoms. The number of nitriles is 1. The maximum atomic E-state index is 11.9. The van der Waals surface area contributed by atoms with Crippen LogP contribution in [0.5, 0.6) is 17.2 Å². The van der Waals surface area contributed by atoms with E-state index in [-0.39, 0.29) is 23.7 Å². The standard InChI is InChI=1S/C15H11NO4/c16-8-10-1-4-12(5-2-10)20-9-15(19)13-6-3-11(17)7-14(13)18/h1-7,17-18H,9H2. The number of hydrogen-bond acceptors (Lipinski definition) is 5.